The van der Waals surface area contributed by atoms with Crippen LogP contribution >= 0.6 is 11.3 Å². The van der Waals surface area contributed by atoms with Crippen LogP contribution in [0.2, 0.25) is 0 Å². The molecule has 15 heavy (non-hydrogen) atoms. The zero-order valence-corrected chi connectivity index (χ0v) is 10.3. The van der Waals surface area contributed by atoms with Crippen molar-refractivity contribution in [2.75, 3.05) is 6.54 Å². The summed E-state index contributed by atoms with van der Waals surface area (Å²) < 4.78 is 0. The number of thiazole rings is 1. The summed E-state index contributed by atoms with van der Waals surface area (Å²) in [5.74, 6) is 0. The van der Waals surface area contributed by atoms with Crippen molar-refractivity contribution < 1.29 is 0 Å². The van der Waals surface area contributed by atoms with Crippen LogP contribution in [0.15, 0.2) is 5.38 Å². The summed E-state index contributed by atoms with van der Waals surface area (Å²) in [6, 6.07) is 0. The van der Waals surface area contributed by atoms with E-state index >= 15 is 0 Å². The van der Waals surface area contributed by atoms with Gasteiger partial charge >= 0.3 is 0 Å². The lowest BCUT2D eigenvalue weighted by Gasteiger charge is -2.35. The number of nitrogens with two attached hydrogens (primary N) is 1. The summed E-state index contributed by atoms with van der Waals surface area (Å²) in [5, 5.41) is 3.42. The molecule has 2 nitrogen and oxygen atoms in total. The maximum Gasteiger partial charge on any atom is 0.0934 e. The Bertz CT molecular complexity index is 313. The van der Waals surface area contributed by atoms with Crippen LogP contribution in [0.3, 0.4) is 0 Å². The Balaban J connectivity index is 2.06. The number of hydrogen-bond acceptors (Lipinski definition) is 3. The minimum atomic E-state index is 0.364. The fraction of sp³-hybridized carbons (Fsp3) is 0.750. The highest BCUT2D eigenvalue weighted by molar-refractivity contribution is 7.09. The number of rotatable bonds is 3. The van der Waals surface area contributed by atoms with E-state index in [2.05, 4.69) is 17.3 Å². The molecule has 0 aromatic carbocycles. The topological polar surface area (TPSA) is 38.9 Å². The average Bonchev–Trinajstić information content (AvgIpc) is 2.65. The van der Waals surface area contributed by atoms with E-state index in [0.29, 0.717) is 5.41 Å². The van der Waals surface area contributed by atoms with Gasteiger partial charge in [0.1, 0.15) is 0 Å². The second kappa shape index (κ2) is 4.62. The van der Waals surface area contributed by atoms with E-state index in [0.717, 1.165) is 18.7 Å². The van der Waals surface area contributed by atoms with E-state index in [1.165, 1.54) is 37.1 Å². The molecular formula is C12H20N2S. The maximum absolute atomic E-state index is 5.97. The van der Waals surface area contributed by atoms with Gasteiger partial charge in [0.25, 0.3) is 0 Å². The molecule has 0 amide bonds. The molecule has 2 rings (SSSR count). The first-order chi connectivity index (χ1) is 7.24. The van der Waals surface area contributed by atoms with Crippen molar-refractivity contribution in [3.8, 4) is 0 Å². The van der Waals surface area contributed by atoms with Gasteiger partial charge in [-0.3, -0.25) is 0 Å². The molecule has 2 N–H and O–H groups in total. The summed E-state index contributed by atoms with van der Waals surface area (Å²) in [5.41, 5.74) is 7.48. The van der Waals surface area contributed by atoms with Crippen LogP contribution in [0.5, 0.6) is 0 Å². The maximum atomic E-state index is 5.97. The predicted molar refractivity (Wildman–Crippen MR) is 65.1 cm³/mol. The number of aromatic nitrogens is 1. The predicted octanol–water partition coefficient (Wildman–Crippen LogP) is 2.90. The minimum absolute atomic E-state index is 0.364. The Labute approximate surface area is 95.9 Å². The summed E-state index contributed by atoms with van der Waals surface area (Å²) in [7, 11) is 0. The molecule has 1 aromatic rings. The first-order valence-electron chi connectivity index (χ1n) is 5.85. The highest BCUT2D eigenvalue weighted by Gasteiger charge is 2.31. The molecule has 1 heterocycles. The molecule has 0 saturated heterocycles. The van der Waals surface area contributed by atoms with E-state index in [1.807, 2.05) is 0 Å². The Morgan fingerprint density at radius 2 is 2.13 bits per heavy atom. The van der Waals surface area contributed by atoms with Crippen molar-refractivity contribution in [3.05, 3.63) is 16.1 Å². The van der Waals surface area contributed by atoms with Crippen LogP contribution in [0.25, 0.3) is 0 Å². The van der Waals surface area contributed by atoms with E-state index in [9.17, 15) is 0 Å². The highest BCUT2D eigenvalue weighted by atomic mass is 32.1. The lowest BCUT2D eigenvalue weighted by molar-refractivity contribution is 0.197. The number of nitrogens with zero attached hydrogens (tertiary/aromatic N) is 1. The summed E-state index contributed by atoms with van der Waals surface area (Å²) in [6.45, 7) is 2.89. The Kier molecular flexibility index (Phi) is 3.42. The quantitative estimate of drug-likeness (QED) is 0.857. The van der Waals surface area contributed by atoms with Gasteiger partial charge in [-0.1, -0.05) is 19.3 Å². The zero-order valence-electron chi connectivity index (χ0n) is 9.46. The molecule has 0 bridgehead atoms. The second-order valence-corrected chi connectivity index (χ2v) is 5.77. The van der Waals surface area contributed by atoms with Gasteiger partial charge in [-0.05, 0) is 31.7 Å². The number of aryl methyl sites for hydroxylation is 1. The molecule has 1 aliphatic rings. The van der Waals surface area contributed by atoms with Gasteiger partial charge in [0.05, 0.1) is 5.01 Å². The third-order valence-electron chi connectivity index (χ3n) is 3.54. The van der Waals surface area contributed by atoms with E-state index in [4.69, 9.17) is 5.73 Å². The van der Waals surface area contributed by atoms with Crippen LogP contribution in [0.1, 0.15) is 42.8 Å². The lowest BCUT2D eigenvalue weighted by Crippen LogP contribution is -2.34. The molecule has 3 heteroatoms. The van der Waals surface area contributed by atoms with Crippen molar-refractivity contribution in [1.29, 1.82) is 0 Å². The molecular weight excluding hydrogens is 204 g/mol. The first-order valence-corrected chi connectivity index (χ1v) is 6.73. The summed E-state index contributed by atoms with van der Waals surface area (Å²) >= 11 is 1.79. The van der Waals surface area contributed by atoms with Crippen molar-refractivity contribution >= 4 is 11.3 Å². The van der Waals surface area contributed by atoms with Crippen LogP contribution in [0, 0.1) is 12.3 Å². The SMILES string of the molecule is Cc1csc(CC2(CN)CCCCC2)n1. The molecule has 1 fully saturated rings. The van der Waals surface area contributed by atoms with Gasteiger partial charge in [0.2, 0.25) is 0 Å². The highest BCUT2D eigenvalue weighted by Crippen LogP contribution is 2.38. The molecule has 0 aliphatic heterocycles. The molecule has 1 aromatic heterocycles. The largest absolute Gasteiger partial charge is 0.330 e. The Hall–Kier alpha value is -0.410. The lowest BCUT2D eigenvalue weighted by atomic mass is 9.72. The molecule has 1 saturated carbocycles. The molecule has 0 atom stereocenters. The third kappa shape index (κ3) is 2.58. The third-order valence-corrected chi connectivity index (χ3v) is 4.51. The molecule has 84 valence electrons. The monoisotopic (exact) mass is 224 g/mol. The fourth-order valence-electron chi connectivity index (χ4n) is 2.56. The molecule has 0 spiro atoms. The fourth-order valence-corrected chi connectivity index (χ4v) is 3.51. The van der Waals surface area contributed by atoms with Gasteiger partial charge in [-0.2, -0.15) is 0 Å². The van der Waals surface area contributed by atoms with Gasteiger partial charge in [-0.15, -0.1) is 11.3 Å². The summed E-state index contributed by atoms with van der Waals surface area (Å²) in [4.78, 5) is 4.56. The standard InChI is InChI=1S/C12H20N2S/c1-10-8-15-11(14-10)7-12(9-13)5-3-2-4-6-12/h8H,2-7,9,13H2,1H3. The van der Waals surface area contributed by atoms with Crippen LogP contribution in [-0.2, 0) is 6.42 Å². The van der Waals surface area contributed by atoms with Crippen LogP contribution in [-0.4, -0.2) is 11.5 Å². The van der Waals surface area contributed by atoms with Crippen molar-refractivity contribution in [1.82, 2.24) is 4.98 Å². The second-order valence-electron chi connectivity index (χ2n) is 4.82. The Morgan fingerprint density at radius 3 is 2.67 bits per heavy atom. The van der Waals surface area contributed by atoms with Crippen LogP contribution < -0.4 is 5.73 Å². The van der Waals surface area contributed by atoms with E-state index in [1.54, 1.807) is 11.3 Å². The van der Waals surface area contributed by atoms with Gasteiger partial charge in [0, 0.05) is 17.5 Å². The van der Waals surface area contributed by atoms with Crippen LogP contribution in [0.4, 0.5) is 0 Å². The molecule has 1 aliphatic carbocycles. The summed E-state index contributed by atoms with van der Waals surface area (Å²) in [6.07, 6.45) is 7.77. The number of hydrogen-bond donors (Lipinski definition) is 1. The normalized spacial score (nSPS) is 20.4. The first kappa shape index (κ1) is 11.1. The molecule has 0 radical (unpaired) electrons. The van der Waals surface area contributed by atoms with E-state index in [-0.39, 0.29) is 0 Å². The van der Waals surface area contributed by atoms with Crippen molar-refractivity contribution in [2.24, 2.45) is 11.1 Å². The molecule has 0 unspecified atom stereocenters. The van der Waals surface area contributed by atoms with Gasteiger partial charge < -0.3 is 5.73 Å². The van der Waals surface area contributed by atoms with E-state index < -0.39 is 0 Å². The minimum Gasteiger partial charge on any atom is -0.330 e. The van der Waals surface area contributed by atoms with Crippen molar-refractivity contribution in [3.63, 3.8) is 0 Å². The van der Waals surface area contributed by atoms with Gasteiger partial charge in [-0.25, -0.2) is 4.98 Å². The zero-order chi connectivity index (χ0) is 10.7. The van der Waals surface area contributed by atoms with Crippen molar-refractivity contribution in [2.45, 2.75) is 45.4 Å². The average molecular weight is 224 g/mol. The Morgan fingerprint density at radius 1 is 1.40 bits per heavy atom. The van der Waals surface area contributed by atoms with Gasteiger partial charge in [0.15, 0.2) is 0 Å². The smallest absolute Gasteiger partial charge is 0.0934 e.